The molecule has 0 rings (SSSR count). The highest BCUT2D eigenvalue weighted by Gasteiger charge is 2.04. The number of unbranched alkanes of at least 4 members (excludes halogenated alkanes) is 4. The molecule has 0 saturated heterocycles. The van der Waals surface area contributed by atoms with E-state index in [4.69, 9.17) is 5.73 Å². The van der Waals surface area contributed by atoms with Gasteiger partial charge in [-0.15, -0.1) is 0 Å². The smallest absolute Gasteiger partial charge is 0.0384 e. The zero-order valence-electron chi connectivity index (χ0n) is 10.4. The quantitative estimate of drug-likeness (QED) is 0.414. The predicted octanol–water partition coefficient (Wildman–Crippen LogP) is 3.40. The first-order chi connectivity index (χ1) is 7.35. The lowest BCUT2D eigenvalue weighted by molar-refractivity contribution is 0.418. The van der Waals surface area contributed by atoms with Crippen LogP contribution in [0.2, 0.25) is 0 Å². The molecule has 0 aromatic carbocycles. The molecule has 0 aliphatic carbocycles. The third-order valence-electron chi connectivity index (χ3n) is 3.09. The molecule has 2 heteroatoms. The van der Waals surface area contributed by atoms with Crippen LogP contribution in [0.3, 0.4) is 0 Å². The van der Waals surface area contributed by atoms with Gasteiger partial charge in [0.2, 0.25) is 0 Å². The summed E-state index contributed by atoms with van der Waals surface area (Å²) in [6.07, 6.45) is 10.5. The summed E-state index contributed by atoms with van der Waals surface area (Å²) in [6, 6.07) is 0. The molecule has 90 valence electrons. The maximum absolute atomic E-state index is 5.45. The van der Waals surface area contributed by atoms with Crippen molar-refractivity contribution in [3.8, 4) is 0 Å². The van der Waals surface area contributed by atoms with Crippen molar-refractivity contribution in [1.82, 2.24) is 0 Å². The number of rotatable bonds is 11. The summed E-state index contributed by atoms with van der Waals surface area (Å²) < 4.78 is 0. The van der Waals surface area contributed by atoms with Gasteiger partial charge in [-0.1, -0.05) is 45.4 Å². The molecule has 0 aliphatic heterocycles. The Kier molecular flexibility index (Phi) is 11.4. The summed E-state index contributed by atoms with van der Waals surface area (Å²) in [5.41, 5.74) is 5.45. The van der Waals surface area contributed by atoms with Gasteiger partial charge in [-0.25, -0.2) is 0 Å². The van der Waals surface area contributed by atoms with Crippen LogP contribution in [-0.2, 0) is 0 Å². The van der Waals surface area contributed by atoms with Crippen LogP contribution in [0.25, 0.3) is 0 Å². The Morgan fingerprint density at radius 2 is 1.73 bits per heavy atom. The van der Waals surface area contributed by atoms with E-state index in [1.807, 2.05) is 0 Å². The lowest BCUT2D eigenvalue weighted by Gasteiger charge is -2.12. The minimum Gasteiger partial charge on any atom is -0.330 e. The highest BCUT2D eigenvalue weighted by atomic mass is 14.7. The molecular weight excluding hydrogens is 184 g/mol. The number of nitrogens with zero attached hydrogens (tertiary/aromatic N) is 1. The zero-order chi connectivity index (χ0) is 11.4. The molecule has 0 spiro atoms. The van der Waals surface area contributed by atoms with E-state index >= 15 is 0 Å². The third-order valence-corrected chi connectivity index (χ3v) is 3.09. The molecule has 0 saturated carbocycles. The van der Waals surface area contributed by atoms with E-state index in [0.717, 1.165) is 19.0 Å². The Labute approximate surface area is 95.4 Å². The summed E-state index contributed by atoms with van der Waals surface area (Å²) in [5, 5.41) is 0. The van der Waals surface area contributed by atoms with Gasteiger partial charge in [0.05, 0.1) is 0 Å². The Balaban J connectivity index is 3.26. The average molecular weight is 212 g/mol. The van der Waals surface area contributed by atoms with E-state index in [0.29, 0.717) is 0 Å². The van der Waals surface area contributed by atoms with Gasteiger partial charge in [0.1, 0.15) is 0 Å². The summed E-state index contributed by atoms with van der Waals surface area (Å²) in [6.45, 7) is 7.60. The van der Waals surface area contributed by atoms with Crippen LogP contribution in [0, 0.1) is 5.92 Å². The number of nitrogens with two attached hydrogens (primary N) is 1. The Hall–Kier alpha value is -0.370. The second-order valence-electron chi connectivity index (χ2n) is 4.36. The monoisotopic (exact) mass is 212 g/mol. The normalized spacial score (nSPS) is 12.7. The van der Waals surface area contributed by atoms with E-state index in [2.05, 4.69) is 18.6 Å². The van der Waals surface area contributed by atoms with Gasteiger partial charge in [0.25, 0.3) is 0 Å². The van der Waals surface area contributed by atoms with Crippen molar-refractivity contribution in [3.63, 3.8) is 0 Å². The molecule has 0 fully saturated rings. The Morgan fingerprint density at radius 3 is 2.33 bits per heavy atom. The van der Waals surface area contributed by atoms with Crippen LogP contribution in [0.5, 0.6) is 0 Å². The van der Waals surface area contributed by atoms with E-state index in [1.165, 1.54) is 51.4 Å². The fraction of sp³-hybridized carbons (Fsp3) is 0.923. The largest absolute Gasteiger partial charge is 0.330 e. The van der Waals surface area contributed by atoms with Crippen LogP contribution < -0.4 is 5.73 Å². The first-order valence-electron chi connectivity index (χ1n) is 6.47. The molecular formula is C13H28N2. The van der Waals surface area contributed by atoms with Crippen LogP contribution >= 0.6 is 0 Å². The fourth-order valence-electron chi connectivity index (χ4n) is 1.93. The van der Waals surface area contributed by atoms with Gasteiger partial charge in [-0.05, 0) is 32.0 Å². The van der Waals surface area contributed by atoms with Crippen LogP contribution in [0.15, 0.2) is 4.99 Å². The maximum Gasteiger partial charge on any atom is 0.0384 e. The highest BCUT2D eigenvalue weighted by Crippen LogP contribution is 2.17. The minimum absolute atomic E-state index is 0.850. The van der Waals surface area contributed by atoms with Crippen molar-refractivity contribution in [2.45, 2.75) is 58.3 Å². The fourth-order valence-corrected chi connectivity index (χ4v) is 1.93. The second-order valence-corrected chi connectivity index (χ2v) is 4.36. The number of hydrogen-bond acceptors (Lipinski definition) is 2. The lowest BCUT2D eigenvalue weighted by atomic mass is 9.95. The van der Waals surface area contributed by atoms with Crippen molar-refractivity contribution in [2.24, 2.45) is 16.6 Å². The van der Waals surface area contributed by atoms with Crippen molar-refractivity contribution in [1.29, 1.82) is 0 Å². The summed E-state index contributed by atoms with van der Waals surface area (Å²) in [5.74, 6) is 0.866. The Bertz CT molecular complexity index is 134. The van der Waals surface area contributed by atoms with Gasteiger partial charge < -0.3 is 10.7 Å². The molecule has 2 nitrogen and oxygen atoms in total. The topological polar surface area (TPSA) is 38.4 Å². The molecule has 0 aromatic rings. The van der Waals surface area contributed by atoms with Crippen LogP contribution in [-0.4, -0.2) is 19.8 Å². The zero-order valence-corrected chi connectivity index (χ0v) is 10.4. The van der Waals surface area contributed by atoms with Gasteiger partial charge in [-0.3, -0.25) is 0 Å². The van der Waals surface area contributed by atoms with Crippen molar-refractivity contribution in [3.05, 3.63) is 0 Å². The highest BCUT2D eigenvalue weighted by molar-refractivity contribution is 5.23. The summed E-state index contributed by atoms with van der Waals surface area (Å²) >= 11 is 0. The molecule has 0 aliphatic rings. The van der Waals surface area contributed by atoms with Gasteiger partial charge >= 0.3 is 0 Å². The Morgan fingerprint density at radius 1 is 1.07 bits per heavy atom. The van der Waals surface area contributed by atoms with E-state index in [-0.39, 0.29) is 0 Å². The van der Waals surface area contributed by atoms with E-state index < -0.39 is 0 Å². The maximum atomic E-state index is 5.45. The summed E-state index contributed by atoms with van der Waals surface area (Å²) in [7, 11) is 0. The van der Waals surface area contributed by atoms with Crippen LogP contribution in [0.4, 0.5) is 0 Å². The first-order valence-corrected chi connectivity index (χ1v) is 6.47. The standard InChI is InChI=1S/C13H28N2/c1-3-13(10-12-15-2)9-7-5-4-6-8-11-14/h13H,2-12,14H2,1H3. The molecule has 0 aromatic heterocycles. The molecule has 0 heterocycles. The van der Waals surface area contributed by atoms with Gasteiger partial charge in [0.15, 0.2) is 0 Å². The number of hydrogen-bond donors (Lipinski definition) is 1. The molecule has 0 amide bonds. The SMILES string of the molecule is C=NCCC(CC)CCCCCCCN. The van der Waals surface area contributed by atoms with Crippen molar-refractivity contribution >= 4 is 6.72 Å². The summed E-state index contributed by atoms with van der Waals surface area (Å²) in [4.78, 5) is 3.93. The second kappa shape index (κ2) is 11.7. The third kappa shape index (κ3) is 9.92. The van der Waals surface area contributed by atoms with Gasteiger partial charge in [-0.2, -0.15) is 0 Å². The average Bonchev–Trinajstić information content (AvgIpc) is 2.27. The molecule has 2 N–H and O–H groups in total. The van der Waals surface area contributed by atoms with Crippen LogP contribution in [0.1, 0.15) is 58.3 Å². The molecule has 1 atom stereocenters. The van der Waals surface area contributed by atoms with E-state index in [9.17, 15) is 0 Å². The van der Waals surface area contributed by atoms with Gasteiger partial charge in [0, 0.05) is 6.54 Å². The molecule has 15 heavy (non-hydrogen) atoms. The number of aliphatic imine (C=N–C) groups is 1. The molecule has 1 unspecified atom stereocenters. The molecule has 0 bridgehead atoms. The van der Waals surface area contributed by atoms with Crippen molar-refractivity contribution in [2.75, 3.05) is 13.1 Å². The van der Waals surface area contributed by atoms with E-state index in [1.54, 1.807) is 0 Å². The first kappa shape index (κ1) is 14.6. The van der Waals surface area contributed by atoms with Crippen molar-refractivity contribution < 1.29 is 0 Å². The minimum atomic E-state index is 0.850. The molecule has 0 radical (unpaired) electrons. The predicted molar refractivity (Wildman–Crippen MR) is 69.6 cm³/mol. The lowest BCUT2D eigenvalue weighted by Crippen LogP contribution is -2.01.